The molecule has 0 bridgehead atoms. The van der Waals surface area contributed by atoms with Gasteiger partial charge in [0.2, 0.25) is 0 Å². The maximum Gasteiger partial charge on any atom is 0.161 e. The van der Waals surface area contributed by atoms with Gasteiger partial charge in [-0.25, -0.2) is 0 Å². The normalized spacial score (nSPS) is 16.5. The van der Waals surface area contributed by atoms with Crippen molar-refractivity contribution >= 4 is 0 Å². The highest BCUT2D eigenvalue weighted by molar-refractivity contribution is 5.51. The summed E-state index contributed by atoms with van der Waals surface area (Å²) in [5.74, 6) is 2.19. The number of benzene rings is 2. The summed E-state index contributed by atoms with van der Waals surface area (Å²) >= 11 is 0. The van der Waals surface area contributed by atoms with Gasteiger partial charge in [-0.2, -0.15) is 0 Å². The molecule has 27 heavy (non-hydrogen) atoms. The molecule has 4 heteroatoms. The van der Waals surface area contributed by atoms with Crippen LogP contribution in [-0.4, -0.2) is 45.8 Å². The highest BCUT2D eigenvalue weighted by atomic mass is 16.5. The minimum Gasteiger partial charge on any atom is -0.493 e. The second kappa shape index (κ2) is 8.77. The molecule has 0 saturated carbocycles. The van der Waals surface area contributed by atoms with Crippen LogP contribution in [0, 0.1) is 0 Å². The van der Waals surface area contributed by atoms with Crippen LogP contribution in [0.4, 0.5) is 0 Å². The van der Waals surface area contributed by atoms with Crippen molar-refractivity contribution in [2.45, 2.75) is 32.2 Å². The summed E-state index contributed by atoms with van der Waals surface area (Å²) in [5, 5.41) is 3.67. The number of nitrogens with zero attached hydrogens (tertiary/aromatic N) is 1. The summed E-state index contributed by atoms with van der Waals surface area (Å²) < 4.78 is 11.6. The predicted molar refractivity (Wildman–Crippen MR) is 111 cm³/mol. The zero-order chi connectivity index (χ0) is 19.4. The first-order valence-corrected chi connectivity index (χ1v) is 9.81. The van der Waals surface area contributed by atoms with Crippen LogP contribution in [0.25, 0.3) is 0 Å². The van der Waals surface area contributed by atoms with E-state index in [0.717, 1.165) is 31.0 Å². The first-order chi connectivity index (χ1) is 13.0. The first kappa shape index (κ1) is 19.7. The molecule has 0 aliphatic carbocycles. The Kier molecular flexibility index (Phi) is 6.40. The van der Waals surface area contributed by atoms with Crippen molar-refractivity contribution in [3.8, 4) is 11.5 Å². The molecule has 1 heterocycles. The molecule has 3 rings (SSSR count). The number of hydrogen-bond acceptors (Lipinski definition) is 4. The molecule has 0 saturated heterocycles. The summed E-state index contributed by atoms with van der Waals surface area (Å²) in [6.07, 6.45) is 1.00. The maximum absolute atomic E-state index is 6.05. The molecule has 0 spiro atoms. The molecule has 4 nitrogen and oxygen atoms in total. The van der Waals surface area contributed by atoms with Gasteiger partial charge in [0.25, 0.3) is 0 Å². The largest absolute Gasteiger partial charge is 0.493 e. The topological polar surface area (TPSA) is 33.7 Å². The molecule has 1 unspecified atom stereocenters. The summed E-state index contributed by atoms with van der Waals surface area (Å²) in [7, 11) is 5.81. The molecule has 1 atom stereocenters. The average Bonchev–Trinajstić information content (AvgIpc) is 2.66. The van der Waals surface area contributed by atoms with Gasteiger partial charge < -0.3 is 19.7 Å². The molecule has 2 aromatic carbocycles. The Morgan fingerprint density at radius 3 is 2.48 bits per heavy atom. The van der Waals surface area contributed by atoms with Crippen LogP contribution in [-0.2, 0) is 6.42 Å². The third-order valence-electron chi connectivity index (χ3n) is 5.21. The van der Waals surface area contributed by atoms with Crippen LogP contribution in [0.1, 0.15) is 48.1 Å². The minimum absolute atomic E-state index is 0.192. The van der Waals surface area contributed by atoms with Crippen LogP contribution in [0.15, 0.2) is 36.4 Å². The van der Waals surface area contributed by atoms with E-state index in [1.807, 2.05) is 14.1 Å². The van der Waals surface area contributed by atoms with Crippen molar-refractivity contribution in [3.05, 3.63) is 58.7 Å². The molecule has 1 N–H and O–H groups in total. The molecule has 1 aliphatic rings. The standard InChI is InChI=1S/C23H32N2O2/c1-16(2)17-6-8-18(9-7-17)23-20-15-22(27-13-12-25(3)4)21(26-5)14-19(20)10-11-24-23/h6-9,14-16,23-24H,10-13H2,1-5H3. The van der Waals surface area contributed by atoms with Crippen molar-refractivity contribution in [1.29, 1.82) is 0 Å². The molecule has 0 radical (unpaired) electrons. The maximum atomic E-state index is 6.05. The Bertz CT molecular complexity index is 754. The predicted octanol–water partition coefficient (Wildman–Crippen LogP) is 3.99. The number of fused-ring (bicyclic) bond motifs is 1. The van der Waals surface area contributed by atoms with Gasteiger partial charge in [0, 0.05) is 13.1 Å². The minimum atomic E-state index is 0.192. The molecule has 0 fully saturated rings. The average molecular weight is 369 g/mol. The third-order valence-corrected chi connectivity index (χ3v) is 5.21. The Morgan fingerprint density at radius 1 is 1.11 bits per heavy atom. The van der Waals surface area contributed by atoms with Crippen LogP contribution in [0.3, 0.4) is 0 Å². The first-order valence-electron chi connectivity index (χ1n) is 9.81. The number of likely N-dealkylation sites (N-methyl/N-ethyl adjacent to an activating group) is 1. The van der Waals surface area contributed by atoms with E-state index in [-0.39, 0.29) is 6.04 Å². The quantitative estimate of drug-likeness (QED) is 0.801. The zero-order valence-corrected chi connectivity index (χ0v) is 17.2. The van der Waals surface area contributed by atoms with Gasteiger partial charge in [0.1, 0.15) is 6.61 Å². The Labute approximate surface area is 163 Å². The van der Waals surface area contributed by atoms with E-state index in [0.29, 0.717) is 12.5 Å². The molecule has 0 amide bonds. The number of ether oxygens (including phenoxy) is 2. The van der Waals surface area contributed by atoms with Gasteiger partial charge >= 0.3 is 0 Å². The van der Waals surface area contributed by atoms with Crippen LogP contribution < -0.4 is 14.8 Å². The molecule has 2 aromatic rings. The Balaban J connectivity index is 1.90. The lowest BCUT2D eigenvalue weighted by molar-refractivity contribution is 0.250. The van der Waals surface area contributed by atoms with E-state index in [1.165, 1.54) is 22.3 Å². The van der Waals surface area contributed by atoms with E-state index < -0.39 is 0 Å². The lowest BCUT2D eigenvalue weighted by Crippen LogP contribution is -2.30. The van der Waals surface area contributed by atoms with Crippen LogP contribution in [0.2, 0.25) is 0 Å². The van der Waals surface area contributed by atoms with Crippen LogP contribution >= 0.6 is 0 Å². The van der Waals surface area contributed by atoms with Crippen molar-refractivity contribution in [3.63, 3.8) is 0 Å². The summed E-state index contributed by atoms with van der Waals surface area (Å²) in [4.78, 5) is 2.12. The van der Waals surface area contributed by atoms with E-state index in [4.69, 9.17) is 9.47 Å². The fourth-order valence-corrected chi connectivity index (χ4v) is 3.55. The summed E-state index contributed by atoms with van der Waals surface area (Å²) in [5.41, 5.74) is 5.30. The number of hydrogen-bond donors (Lipinski definition) is 1. The van der Waals surface area contributed by atoms with E-state index in [9.17, 15) is 0 Å². The van der Waals surface area contributed by atoms with Gasteiger partial charge in [-0.1, -0.05) is 38.1 Å². The summed E-state index contributed by atoms with van der Waals surface area (Å²) in [6.45, 7) is 6.94. The van der Waals surface area contributed by atoms with Crippen molar-refractivity contribution in [1.82, 2.24) is 10.2 Å². The van der Waals surface area contributed by atoms with Gasteiger partial charge in [0.05, 0.1) is 13.2 Å². The van der Waals surface area contributed by atoms with Gasteiger partial charge in [-0.15, -0.1) is 0 Å². The Hall–Kier alpha value is -2.04. The van der Waals surface area contributed by atoms with E-state index in [1.54, 1.807) is 7.11 Å². The van der Waals surface area contributed by atoms with Crippen molar-refractivity contribution < 1.29 is 9.47 Å². The number of nitrogens with one attached hydrogen (secondary N) is 1. The van der Waals surface area contributed by atoms with E-state index >= 15 is 0 Å². The molecular formula is C23H32N2O2. The number of rotatable bonds is 7. The molecule has 1 aliphatic heterocycles. The highest BCUT2D eigenvalue weighted by Crippen LogP contribution is 2.37. The SMILES string of the molecule is COc1cc2c(cc1OCCN(C)C)C(c1ccc(C(C)C)cc1)NCC2. The summed E-state index contributed by atoms with van der Waals surface area (Å²) in [6, 6.07) is 13.5. The molecule has 0 aromatic heterocycles. The second-order valence-electron chi connectivity index (χ2n) is 7.81. The fourth-order valence-electron chi connectivity index (χ4n) is 3.55. The lowest BCUT2D eigenvalue weighted by atomic mass is 9.88. The highest BCUT2D eigenvalue weighted by Gasteiger charge is 2.24. The van der Waals surface area contributed by atoms with Crippen molar-refractivity contribution in [2.24, 2.45) is 0 Å². The van der Waals surface area contributed by atoms with Crippen molar-refractivity contribution in [2.75, 3.05) is 40.9 Å². The second-order valence-corrected chi connectivity index (χ2v) is 7.81. The Morgan fingerprint density at radius 2 is 1.85 bits per heavy atom. The monoisotopic (exact) mass is 368 g/mol. The van der Waals surface area contributed by atoms with Crippen LogP contribution in [0.5, 0.6) is 11.5 Å². The van der Waals surface area contributed by atoms with Gasteiger partial charge in [-0.05, 0) is 60.8 Å². The molecule has 146 valence electrons. The lowest BCUT2D eigenvalue weighted by Gasteiger charge is -2.29. The smallest absolute Gasteiger partial charge is 0.161 e. The fraction of sp³-hybridized carbons (Fsp3) is 0.478. The number of methoxy groups -OCH3 is 1. The molecular weight excluding hydrogens is 336 g/mol. The zero-order valence-electron chi connectivity index (χ0n) is 17.2. The van der Waals surface area contributed by atoms with E-state index in [2.05, 4.69) is 60.5 Å². The van der Waals surface area contributed by atoms with Gasteiger partial charge in [0.15, 0.2) is 11.5 Å². The van der Waals surface area contributed by atoms with Gasteiger partial charge in [-0.3, -0.25) is 0 Å². The third kappa shape index (κ3) is 4.63.